The van der Waals surface area contributed by atoms with Crippen LogP contribution in [0, 0.1) is 0 Å². The highest BCUT2D eigenvalue weighted by molar-refractivity contribution is 7.85. The van der Waals surface area contributed by atoms with Gasteiger partial charge in [-0.05, 0) is 70.8 Å². The third-order valence-corrected chi connectivity index (χ3v) is 8.62. The van der Waals surface area contributed by atoms with E-state index in [1.54, 1.807) is 14.2 Å². The number of methoxy groups -OCH3 is 2. The van der Waals surface area contributed by atoms with E-state index in [0.29, 0.717) is 38.8 Å². The summed E-state index contributed by atoms with van der Waals surface area (Å²) in [4.78, 5) is 30.1. The van der Waals surface area contributed by atoms with Crippen molar-refractivity contribution in [2.24, 2.45) is 0 Å². The Kier molecular flexibility index (Phi) is 16.6. The molecule has 4 aromatic carbocycles. The maximum absolute atomic E-state index is 12.8. The first-order valence-corrected chi connectivity index (χ1v) is 20.8. The third-order valence-electron chi connectivity index (χ3n) is 8.62. The van der Waals surface area contributed by atoms with Crippen LogP contribution in [-0.2, 0) is 39.3 Å². The van der Waals surface area contributed by atoms with Crippen molar-refractivity contribution in [1.82, 2.24) is 9.80 Å². The highest BCUT2D eigenvalue weighted by Crippen LogP contribution is 2.27. The molecule has 16 heteroatoms. The second-order valence-corrected chi connectivity index (χ2v) is 15.8. The number of carbonyl (C=O) groups excluding carboxylic acids is 2. The molecule has 2 N–H and O–H groups in total. The van der Waals surface area contributed by atoms with E-state index in [2.05, 4.69) is 9.80 Å². The molecular formula is C38H50N2O12S2. The molecule has 5 rings (SSSR count). The monoisotopic (exact) mass is 790 g/mol. The summed E-state index contributed by atoms with van der Waals surface area (Å²) in [5.74, 6) is 0.523. The summed E-state index contributed by atoms with van der Waals surface area (Å²) in [5.41, 5.74) is 1.88. The maximum Gasteiger partial charge on any atom is 0.313 e. The zero-order valence-corrected chi connectivity index (χ0v) is 33.1. The van der Waals surface area contributed by atoms with E-state index in [1.165, 1.54) is 0 Å². The average Bonchev–Trinajstić information content (AvgIpc) is 3.12. The van der Waals surface area contributed by atoms with E-state index in [4.69, 9.17) is 28.1 Å². The standard InChI is InChI=1S/C36H42N2O6.2CH4O3S/c1-25(27-5-7-31-23-33(41-3)11-9-29(31)21-27)35(39)43-19-17-37-13-15-38(16-14-37)18-20-44-36(40)26(2)28-6-8-32-24-34(42-4)12-10-30(32)22-28;2*1-5(2,3)4/h5-12,21-26H,13-20H2,1-4H3;2*1H3,(H,2,3,4)/t25-,26-;;/m0../s1. The Bertz CT molecular complexity index is 1920. The summed E-state index contributed by atoms with van der Waals surface area (Å²) in [6, 6.07) is 23.9. The molecule has 1 fully saturated rings. The van der Waals surface area contributed by atoms with Crippen LogP contribution in [0.4, 0.5) is 0 Å². The minimum absolute atomic E-state index is 0.212. The lowest BCUT2D eigenvalue weighted by atomic mass is 9.98. The van der Waals surface area contributed by atoms with Gasteiger partial charge in [0, 0.05) is 39.3 Å². The summed E-state index contributed by atoms with van der Waals surface area (Å²) in [5, 5.41) is 4.28. The minimum Gasteiger partial charge on any atom is -0.497 e. The molecule has 0 bridgehead atoms. The van der Waals surface area contributed by atoms with Crippen molar-refractivity contribution in [2.45, 2.75) is 25.7 Å². The van der Waals surface area contributed by atoms with E-state index in [-0.39, 0.29) is 23.8 Å². The molecule has 1 heterocycles. The number of fused-ring (bicyclic) bond motifs is 2. The fourth-order valence-electron chi connectivity index (χ4n) is 5.59. The van der Waals surface area contributed by atoms with Crippen LogP contribution in [0.25, 0.3) is 21.5 Å². The summed E-state index contributed by atoms with van der Waals surface area (Å²) in [7, 11) is -4.03. The van der Waals surface area contributed by atoms with Crippen LogP contribution in [0.5, 0.6) is 11.5 Å². The summed E-state index contributed by atoms with van der Waals surface area (Å²) in [6.45, 7) is 9.45. The molecule has 1 aliphatic heterocycles. The van der Waals surface area contributed by atoms with E-state index in [0.717, 1.165) is 70.3 Å². The first kappa shape index (κ1) is 44.1. The van der Waals surface area contributed by atoms with E-state index < -0.39 is 20.2 Å². The Hall–Kier alpha value is -4.32. The number of benzene rings is 4. The van der Waals surface area contributed by atoms with Gasteiger partial charge in [0.15, 0.2) is 0 Å². The van der Waals surface area contributed by atoms with Crippen molar-refractivity contribution < 1.29 is 54.5 Å². The number of piperazine rings is 1. The third kappa shape index (κ3) is 15.6. The van der Waals surface area contributed by atoms with E-state index >= 15 is 0 Å². The number of esters is 2. The first-order chi connectivity index (χ1) is 25.3. The highest BCUT2D eigenvalue weighted by Gasteiger charge is 2.21. The SMILES string of the molecule is COc1ccc2cc([C@H](C)C(=O)OCCN3CCN(CCOC(=O)[C@@H](C)c4ccc5cc(OC)ccc5c4)CC3)ccc2c1.CS(=O)(=O)O.CS(=O)(=O)O. The lowest BCUT2D eigenvalue weighted by Crippen LogP contribution is -2.48. The Labute approximate surface area is 317 Å². The summed E-state index contributed by atoms with van der Waals surface area (Å²) < 4.78 is 73.6. The molecule has 0 aromatic heterocycles. The van der Waals surface area contributed by atoms with Crippen LogP contribution in [-0.4, -0.2) is 127 Å². The van der Waals surface area contributed by atoms with Crippen molar-refractivity contribution in [2.75, 3.05) is 79.2 Å². The molecule has 14 nitrogen and oxygen atoms in total. The number of rotatable bonds is 12. The van der Waals surface area contributed by atoms with Gasteiger partial charge in [0.2, 0.25) is 0 Å². The van der Waals surface area contributed by atoms with Gasteiger partial charge >= 0.3 is 11.9 Å². The van der Waals surface area contributed by atoms with Crippen molar-refractivity contribution in [3.63, 3.8) is 0 Å². The molecule has 54 heavy (non-hydrogen) atoms. The maximum atomic E-state index is 12.8. The Morgan fingerprint density at radius 1 is 0.593 bits per heavy atom. The Morgan fingerprint density at radius 3 is 1.20 bits per heavy atom. The zero-order chi connectivity index (χ0) is 40.1. The van der Waals surface area contributed by atoms with Gasteiger partial charge in [0.1, 0.15) is 24.7 Å². The van der Waals surface area contributed by atoms with Gasteiger partial charge in [0.05, 0.1) is 38.6 Å². The average molecular weight is 791 g/mol. The minimum atomic E-state index is -3.67. The summed E-state index contributed by atoms with van der Waals surface area (Å²) in [6.07, 6.45) is 1.43. The predicted octanol–water partition coefficient (Wildman–Crippen LogP) is 4.63. The van der Waals surface area contributed by atoms with E-state index in [1.807, 2.05) is 86.6 Å². The molecule has 0 amide bonds. The van der Waals surface area contributed by atoms with E-state index in [9.17, 15) is 26.4 Å². The van der Waals surface area contributed by atoms with Crippen LogP contribution in [0.15, 0.2) is 72.8 Å². The topological polar surface area (TPSA) is 186 Å². The smallest absolute Gasteiger partial charge is 0.313 e. The van der Waals surface area contributed by atoms with Gasteiger partial charge in [-0.2, -0.15) is 16.8 Å². The van der Waals surface area contributed by atoms with Crippen molar-refractivity contribution in [1.29, 1.82) is 0 Å². The largest absolute Gasteiger partial charge is 0.497 e. The van der Waals surface area contributed by atoms with Crippen LogP contribution >= 0.6 is 0 Å². The van der Waals surface area contributed by atoms with Gasteiger partial charge in [0.25, 0.3) is 20.2 Å². The Balaban J connectivity index is 0.000000695. The fourth-order valence-corrected chi connectivity index (χ4v) is 5.59. The molecule has 0 aliphatic carbocycles. The molecule has 0 spiro atoms. The molecule has 2 atom stereocenters. The second kappa shape index (κ2) is 20.4. The van der Waals surface area contributed by atoms with Crippen LogP contribution in [0.3, 0.4) is 0 Å². The molecule has 0 unspecified atom stereocenters. The van der Waals surface area contributed by atoms with Crippen LogP contribution in [0.2, 0.25) is 0 Å². The lowest BCUT2D eigenvalue weighted by Gasteiger charge is -2.34. The molecule has 1 aliphatic rings. The normalized spacial score (nSPS) is 14.8. The van der Waals surface area contributed by atoms with Gasteiger partial charge in [-0.15, -0.1) is 0 Å². The highest BCUT2D eigenvalue weighted by atomic mass is 32.2. The molecule has 0 radical (unpaired) electrons. The van der Waals surface area contributed by atoms with Crippen molar-refractivity contribution in [3.05, 3.63) is 83.9 Å². The number of ether oxygens (including phenoxy) is 4. The quantitative estimate of drug-likeness (QED) is 0.149. The zero-order valence-electron chi connectivity index (χ0n) is 31.4. The van der Waals surface area contributed by atoms with Crippen molar-refractivity contribution in [3.8, 4) is 11.5 Å². The fraction of sp³-hybridized carbons (Fsp3) is 0.421. The van der Waals surface area contributed by atoms with Crippen molar-refractivity contribution >= 4 is 53.7 Å². The number of carbonyl (C=O) groups is 2. The molecular weight excluding hydrogens is 741 g/mol. The second-order valence-electron chi connectivity index (χ2n) is 12.9. The number of hydrogen-bond donors (Lipinski definition) is 2. The number of hydrogen-bond acceptors (Lipinski definition) is 12. The Morgan fingerprint density at radius 2 is 0.889 bits per heavy atom. The predicted molar refractivity (Wildman–Crippen MR) is 208 cm³/mol. The number of nitrogens with zero attached hydrogens (tertiary/aromatic N) is 2. The first-order valence-electron chi connectivity index (χ1n) is 17.1. The molecule has 296 valence electrons. The van der Waals surface area contributed by atoms with Gasteiger partial charge in [-0.1, -0.05) is 48.5 Å². The molecule has 4 aromatic rings. The lowest BCUT2D eigenvalue weighted by molar-refractivity contribution is -0.147. The van der Waals surface area contributed by atoms with Crippen LogP contribution < -0.4 is 9.47 Å². The van der Waals surface area contributed by atoms with Crippen LogP contribution in [0.1, 0.15) is 36.8 Å². The van der Waals surface area contributed by atoms with Gasteiger partial charge in [-0.25, -0.2) is 0 Å². The van der Waals surface area contributed by atoms with Gasteiger partial charge in [-0.3, -0.25) is 28.5 Å². The molecule has 0 saturated carbocycles. The summed E-state index contributed by atoms with van der Waals surface area (Å²) >= 11 is 0. The molecule has 1 saturated heterocycles. The van der Waals surface area contributed by atoms with Gasteiger partial charge < -0.3 is 18.9 Å².